The number of aryl methyl sites for hydroxylation is 1. The number of aromatic nitrogens is 4. The van der Waals surface area contributed by atoms with Gasteiger partial charge in [0, 0.05) is 19.7 Å². The van der Waals surface area contributed by atoms with E-state index in [-0.39, 0.29) is 36.0 Å². The Morgan fingerprint density at radius 2 is 1.59 bits per heavy atom. The second kappa shape index (κ2) is 8.28. The van der Waals surface area contributed by atoms with Gasteiger partial charge in [0.05, 0.1) is 13.2 Å². The summed E-state index contributed by atoms with van der Waals surface area (Å²) in [5.74, 6) is -0.169. The molecule has 0 aliphatic carbocycles. The lowest BCUT2D eigenvalue weighted by Gasteiger charge is -2.18. The van der Waals surface area contributed by atoms with Crippen LogP contribution in [0.2, 0.25) is 0 Å². The number of rotatable bonds is 7. The van der Waals surface area contributed by atoms with E-state index >= 15 is 0 Å². The quantitative estimate of drug-likeness (QED) is 0.535. The van der Waals surface area contributed by atoms with E-state index in [4.69, 9.17) is 13.6 Å². The largest absolute Gasteiger partial charge is 0.531 e. The molecule has 0 bridgehead atoms. The van der Waals surface area contributed by atoms with Gasteiger partial charge in [-0.05, 0) is 13.8 Å². The molecule has 0 radical (unpaired) electrons. The summed E-state index contributed by atoms with van der Waals surface area (Å²) < 4.78 is 30.9. The predicted molar refractivity (Wildman–Crippen MR) is 107 cm³/mol. The van der Waals surface area contributed by atoms with Gasteiger partial charge in [-0.2, -0.15) is 4.98 Å². The Morgan fingerprint density at radius 3 is 2.17 bits per heavy atom. The zero-order chi connectivity index (χ0) is 21.2. The normalized spacial score (nSPS) is 11.7. The van der Waals surface area contributed by atoms with Crippen molar-refractivity contribution in [2.75, 3.05) is 13.2 Å². The van der Waals surface area contributed by atoms with Crippen molar-refractivity contribution in [3.05, 3.63) is 51.2 Å². The minimum atomic E-state index is -3.99. The van der Waals surface area contributed by atoms with Crippen LogP contribution >= 0.6 is 7.82 Å². The lowest BCUT2D eigenvalue weighted by Crippen LogP contribution is -2.37. The summed E-state index contributed by atoms with van der Waals surface area (Å²) in [4.78, 5) is 33.6. The summed E-state index contributed by atoms with van der Waals surface area (Å²) in [5, 5.41) is 0. The molecule has 1 aromatic carbocycles. The molecule has 0 saturated heterocycles. The standard InChI is InChI=1S/C18H21N4O6P/c1-5-26-29(25,27-6-2)28-16-13(12-10-8-7-9-11-12)19-14-15(20-16)21(3)18(24)22(4)17(14)23/h7-11H,5-6H2,1-4H3. The van der Waals surface area contributed by atoms with Crippen molar-refractivity contribution in [2.24, 2.45) is 14.1 Å². The molecule has 0 saturated carbocycles. The highest BCUT2D eigenvalue weighted by atomic mass is 31.2. The molecule has 154 valence electrons. The number of hydrogen-bond acceptors (Lipinski definition) is 8. The molecular formula is C18H21N4O6P. The van der Waals surface area contributed by atoms with Gasteiger partial charge < -0.3 is 4.52 Å². The zero-order valence-electron chi connectivity index (χ0n) is 16.5. The second-order valence-corrected chi connectivity index (χ2v) is 7.59. The van der Waals surface area contributed by atoms with Gasteiger partial charge in [0.2, 0.25) is 0 Å². The minimum absolute atomic E-state index is 0.00710. The molecule has 2 heterocycles. The van der Waals surface area contributed by atoms with Gasteiger partial charge in [-0.15, -0.1) is 0 Å². The van der Waals surface area contributed by atoms with Crippen LogP contribution in [0.25, 0.3) is 22.4 Å². The fraction of sp³-hybridized carbons (Fsp3) is 0.333. The summed E-state index contributed by atoms with van der Waals surface area (Å²) in [6.07, 6.45) is 0. The fourth-order valence-electron chi connectivity index (χ4n) is 2.71. The molecule has 10 nitrogen and oxygen atoms in total. The first-order valence-corrected chi connectivity index (χ1v) is 10.4. The van der Waals surface area contributed by atoms with Crippen molar-refractivity contribution in [3.63, 3.8) is 0 Å². The van der Waals surface area contributed by atoms with Crippen molar-refractivity contribution in [2.45, 2.75) is 13.8 Å². The Kier molecular flexibility index (Phi) is 5.97. The lowest BCUT2D eigenvalue weighted by molar-refractivity contribution is 0.166. The molecule has 0 N–H and O–H groups in total. The van der Waals surface area contributed by atoms with Crippen LogP contribution in [0.5, 0.6) is 5.88 Å². The molecule has 0 spiro atoms. The van der Waals surface area contributed by atoms with Gasteiger partial charge in [0.1, 0.15) is 5.69 Å². The highest BCUT2D eigenvalue weighted by Gasteiger charge is 2.31. The van der Waals surface area contributed by atoms with Crippen LogP contribution in [-0.2, 0) is 27.7 Å². The van der Waals surface area contributed by atoms with Gasteiger partial charge in [-0.1, -0.05) is 30.3 Å². The maximum atomic E-state index is 12.9. The Labute approximate surface area is 166 Å². The first-order chi connectivity index (χ1) is 13.8. The molecule has 0 aliphatic heterocycles. The summed E-state index contributed by atoms with van der Waals surface area (Å²) in [6.45, 7) is 3.45. The molecule has 3 aromatic rings. The van der Waals surface area contributed by atoms with Crippen molar-refractivity contribution in [1.29, 1.82) is 0 Å². The summed E-state index contributed by atoms with van der Waals surface area (Å²) >= 11 is 0. The maximum absolute atomic E-state index is 12.9. The van der Waals surface area contributed by atoms with Crippen LogP contribution < -0.4 is 15.8 Å². The van der Waals surface area contributed by atoms with E-state index in [0.29, 0.717) is 5.56 Å². The third-order valence-corrected chi connectivity index (χ3v) is 5.61. The molecule has 0 aliphatic rings. The maximum Gasteiger partial charge on any atom is 0.531 e. The van der Waals surface area contributed by atoms with E-state index in [1.54, 1.807) is 38.1 Å². The van der Waals surface area contributed by atoms with E-state index in [1.807, 2.05) is 6.07 Å². The van der Waals surface area contributed by atoms with Crippen LogP contribution in [-0.4, -0.2) is 32.3 Å². The number of benzene rings is 1. The van der Waals surface area contributed by atoms with Crippen LogP contribution in [0.4, 0.5) is 0 Å². The average Bonchev–Trinajstić information content (AvgIpc) is 2.71. The molecule has 11 heteroatoms. The van der Waals surface area contributed by atoms with Crippen LogP contribution in [0.15, 0.2) is 39.9 Å². The zero-order valence-corrected chi connectivity index (χ0v) is 17.4. The molecule has 0 unspecified atom stereocenters. The number of nitrogens with zero attached hydrogens (tertiary/aromatic N) is 4. The van der Waals surface area contributed by atoms with E-state index in [1.165, 1.54) is 14.1 Å². The first kappa shape index (κ1) is 20.9. The van der Waals surface area contributed by atoms with E-state index in [9.17, 15) is 14.2 Å². The molecule has 0 atom stereocenters. The van der Waals surface area contributed by atoms with Gasteiger partial charge >= 0.3 is 13.5 Å². The van der Waals surface area contributed by atoms with Crippen LogP contribution in [0.1, 0.15) is 13.8 Å². The van der Waals surface area contributed by atoms with Crippen molar-refractivity contribution in [1.82, 2.24) is 19.1 Å². The van der Waals surface area contributed by atoms with Crippen LogP contribution in [0, 0.1) is 0 Å². The topological polar surface area (TPSA) is 115 Å². The lowest BCUT2D eigenvalue weighted by atomic mass is 10.1. The minimum Gasteiger partial charge on any atom is -0.383 e. The molecule has 2 aromatic heterocycles. The highest BCUT2D eigenvalue weighted by molar-refractivity contribution is 7.48. The predicted octanol–water partition coefficient (Wildman–Crippen LogP) is 2.25. The first-order valence-electron chi connectivity index (χ1n) is 8.93. The van der Waals surface area contributed by atoms with Crippen molar-refractivity contribution >= 4 is 19.0 Å². The SMILES string of the molecule is CCOP(=O)(OCC)Oc1nc2c(nc1-c1ccccc1)c(=O)n(C)c(=O)n2C. The van der Waals surface area contributed by atoms with Gasteiger partial charge in [0.15, 0.2) is 11.2 Å². The monoisotopic (exact) mass is 420 g/mol. The van der Waals surface area contributed by atoms with E-state index < -0.39 is 19.1 Å². The van der Waals surface area contributed by atoms with Gasteiger partial charge in [0.25, 0.3) is 11.4 Å². The summed E-state index contributed by atoms with van der Waals surface area (Å²) in [5.41, 5.74) is -0.457. The summed E-state index contributed by atoms with van der Waals surface area (Å²) in [6, 6.07) is 8.83. The van der Waals surface area contributed by atoms with Gasteiger partial charge in [-0.3, -0.25) is 23.0 Å². The van der Waals surface area contributed by atoms with E-state index in [2.05, 4.69) is 9.97 Å². The third kappa shape index (κ3) is 4.00. The smallest absolute Gasteiger partial charge is 0.383 e. The number of phosphoric acid groups is 1. The number of phosphoric ester groups is 1. The molecule has 0 fully saturated rings. The molecule has 3 rings (SSSR count). The number of fused-ring (bicyclic) bond motifs is 1. The highest BCUT2D eigenvalue weighted by Crippen LogP contribution is 2.50. The third-order valence-electron chi connectivity index (χ3n) is 4.06. The fourth-order valence-corrected chi connectivity index (χ4v) is 3.86. The Morgan fingerprint density at radius 1 is 0.966 bits per heavy atom. The number of hydrogen-bond donors (Lipinski definition) is 0. The summed E-state index contributed by atoms with van der Waals surface area (Å²) in [7, 11) is -1.18. The Balaban J connectivity index is 2.33. The molecule has 29 heavy (non-hydrogen) atoms. The van der Waals surface area contributed by atoms with Crippen molar-refractivity contribution in [3.8, 4) is 17.1 Å². The van der Waals surface area contributed by atoms with Crippen molar-refractivity contribution < 1.29 is 18.1 Å². The van der Waals surface area contributed by atoms with Crippen LogP contribution in [0.3, 0.4) is 0 Å². The van der Waals surface area contributed by atoms with Gasteiger partial charge in [-0.25, -0.2) is 14.3 Å². The second-order valence-electron chi connectivity index (χ2n) is 6.00. The molecular weight excluding hydrogens is 399 g/mol. The molecule has 0 amide bonds. The van der Waals surface area contributed by atoms with E-state index in [0.717, 1.165) is 9.13 Å². The average molecular weight is 420 g/mol. The Bertz CT molecular complexity index is 1190. The Hall–Kier alpha value is -2.81.